The maximum absolute atomic E-state index is 15.5. The molecule has 0 amide bonds. The number of hydrogen-bond donors (Lipinski definition) is 1. The molecule has 2 aromatic carbocycles. The first-order valence-electron chi connectivity index (χ1n) is 14.0. The van der Waals surface area contributed by atoms with Gasteiger partial charge in [-0.25, -0.2) is 4.39 Å². The molecule has 0 fully saturated rings. The maximum Gasteiger partial charge on any atom is 0.308 e. The van der Waals surface area contributed by atoms with Gasteiger partial charge in [0.05, 0.1) is 56.1 Å². The average Bonchev–Trinajstić information content (AvgIpc) is 3.65. The van der Waals surface area contributed by atoms with E-state index in [0.717, 1.165) is 21.4 Å². The summed E-state index contributed by atoms with van der Waals surface area (Å²) in [4.78, 5) is 48.9. The molecule has 2 atom stereocenters. The van der Waals surface area contributed by atoms with Gasteiger partial charge in [0.15, 0.2) is 40.4 Å². The van der Waals surface area contributed by atoms with Crippen LogP contribution < -0.4 is 18.9 Å². The number of ketones is 2. The minimum atomic E-state index is -1.02. The number of hydrogen-bond acceptors (Lipinski definition) is 11. The van der Waals surface area contributed by atoms with E-state index in [9.17, 15) is 19.2 Å². The Morgan fingerprint density at radius 1 is 0.778 bits per heavy atom. The topological polar surface area (TPSA) is 135 Å². The van der Waals surface area contributed by atoms with Crippen LogP contribution in [-0.2, 0) is 14.3 Å². The Balaban J connectivity index is 1.41. The number of thiophene rings is 2. The zero-order valence-corrected chi connectivity index (χ0v) is 27.0. The molecule has 45 heavy (non-hydrogen) atoms. The third-order valence-corrected chi connectivity index (χ3v) is 9.32. The zero-order chi connectivity index (χ0) is 32.8. The molecular weight excluding hydrogens is 627 g/mol. The first-order chi connectivity index (χ1) is 21.5. The molecule has 0 radical (unpaired) electrons. The number of carboxylic acid groups (broad SMARTS) is 1. The van der Waals surface area contributed by atoms with E-state index in [0.29, 0.717) is 32.4 Å². The smallest absolute Gasteiger partial charge is 0.308 e. The molecule has 4 aromatic rings. The van der Waals surface area contributed by atoms with Gasteiger partial charge >= 0.3 is 11.9 Å². The number of benzene rings is 2. The van der Waals surface area contributed by atoms with Crippen molar-refractivity contribution in [1.82, 2.24) is 0 Å². The Labute approximate surface area is 266 Å². The fourth-order valence-electron chi connectivity index (χ4n) is 4.52. The number of carbonyl (C=O) groups is 4. The van der Waals surface area contributed by atoms with Crippen LogP contribution in [0.2, 0.25) is 0 Å². The number of methoxy groups -OCH3 is 3. The van der Waals surface area contributed by atoms with E-state index in [1.165, 1.54) is 45.7 Å². The van der Waals surface area contributed by atoms with Gasteiger partial charge in [0.2, 0.25) is 0 Å². The lowest BCUT2D eigenvalue weighted by Crippen LogP contribution is -2.16. The number of ether oxygens (including phenoxy) is 5. The van der Waals surface area contributed by atoms with Gasteiger partial charge < -0.3 is 28.8 Å². The number of halogens is 1. The molecule has 0 aliphatic heterocycles. The predicted octanol–water partition coefficient (Wildman–Crippen LogP) is 6.80. The number of rotatable bonds is 16. The van der Waals surface area contributed by atoms with Crippen LogP contribution in [0.5, 0.6) is 23.0 Å². The number of fused-ring (bicyclic) bond motifs is 2. The standard InChI is InChI=1S/C32H33FO10S2/c1-16(31(36)37)9-20(34)27-12-18-11-23(22(39-3)14-25(18)44-27)42-7-6-8-43-30-24(40-4)15-26-19(29(30)33)13-28(45-26)21(35)10-17(2)32(38)41-5/h11-17H,6-10H2,1-5H3,(H,36,37)/t16-,17-/m0/s1. The molecule has 0 saturated carbocycles. The van der Waals surface area contributed by atoms with Gasteiger partial charge in [-0.15, -0.1) is 22.7 Å². The predicted molar refractivity (Wildman–Crippen MR) is 168 cm³/mol. The fourth-order valence-corrected chi connectivity index (χ4v) is 6.58. The van der Waals surface area contributed by atoms with E-state index in [1.807, 2.05) is 0 Å². The fraction of sp³-hybridized carbons (Fsp3) is 0.375. The third-order valence-electron chi connectivity index (χ3n) is 7.06. The van der Waals surface area contributed by atoms with Crippen molar-refractivity contribution in [3.05, 3.63) is 45.9 Å². The monoisotopic (exact) mass is 660 g/mol. The molecule has 0 unspecified atom stereocenters. The van der Waals surface area contributed by atoms with Gasteiger partial charge in [-0.05, 0) is 23.6 Å². The molecule has 13 heteroatoms. The van der Waals surface area contributed by atoms with E-state index in [1.54, 1.807) is 31.2 Å². The van der Waals surface area contributed by atoms with Crippen molar-refractivity contribution < 1.29 is 52.4 Å². The largest absolute Gasteiger partial charge is 0.493 e. The number of esters is 1. The highest BCUT2D eigenvalue weighted by molar-refractivity contribution is 7.21. The molecule has 0 bridgehead atoms. The SMILES string of the molecule is COC(=O)[C@@H](C)CC(=O)c1cc2c(F)c(OCCCOc3cc4cc(C(=O)C[C@H](C)C(=O)O)sc4cc3OC)c(OC)cc2s1. The quantitative estimate of drug-likeness (QED) is 0.0777. The molecule has 1 N–H and O–H groups in total. The highest BCUT2D eigenvalue weighted by Gasteiger charge is 2.24. The van der Waals surface area contributed by atoms with Crippen molar-refractivity contribution in [2.24, 2.45) is 11.8 Å². The molecule has 0 aliphatic carbocycles. The second-order valence-corrected chi connectivity index (χ2v) is 12.5. The van der Waals surface area contributed by atoms with Crippen LogP contribution in [0.15, 0.2) is 30.3 Å². The van der Waals surface area contributed by atoms with Gasteiger partial charge in [-0.3, -0.25) is 19.2 Å². The lowest BCUT2D eigenvalue weighted by Gasteiger charge is -2.13. The summed E-state index contributed by atoms with van der Waals surface area (Å²) in [6.07, 6.45) is 0.223. The van der Waals surface area contributed by atoms with Crippen LogP contribution in [-0.4, -0.2) is 63.2 Å². The van der Waals surface area contributed by atoms with Crippen LogP contribution in [0.3, 0.4) is 0 Å². The zero-order valence-electron chi connectivity index (χ0n) is 25.4. The second kappa shape index (κ2) is 14.7. The number of Topliss-reactive ketones (excluding diaryl/α,β-unsaturated/α-hetero) is 2. The molecule has 2 aromatic heterocycles. The second-order valence-electron chi connectivity index (χ2n) is 10.4. The minimum Gasteiger partial charge on any atom is -0.493 e. The first kappa shape index (κ1) is 33.7. The van der Waals surface area contributed by atoms with Crippen LogP contribution in [0.25, 0.3) is 20.2 Å². The summed E-state index contributed by atoms with van der Waals surface area (Å²) in [6, 6.07) is 8.28. The van der Waals surface area contributed by atoms with Crippen LogP contribution in [0.4, 0.5) is 4.39 Å². The Bertz CT molecular complexity index is 1740. The summed E-state index contributed by atoms with van der Waals surface area (Å²) in [5.74, 6) is -3.12. The number of aliphatic carboxylic acids is 1. The Hall–Kier alpha value is -4.23. The summed E-state index contributed by atoms with van der Waals surface area (Å²) < 4.78 is 44.0. The molecule has 2 heterocycles. The number of carboxylic acids is 1. The normalized spacial score (nSPS) is 12.5. The Morgan fingerprint density at radius 2 is 1.38 bits per heavy atom. The molecule has 0 aliphatic rings. The number of carbonyl (C=O) groups excluding carboxylic acids is 3. The summed E-state index contributed by atoms with van der Waals surface area (Å²) in [7, 11) is 4.15. The van der Waals surface area contributed by atoms with Crippen molar-refractivity contribution in [2.45, 2.75) is 33.1 Å². The summed E-state index contributed by atoms with van der Waals surface area (Å²) in [5, 5.41) is 10.1. The average molecular weight is 661 g/mol. The molecule has 0 saturated heterocycles. The van der Waals surface area contributed by atoms with Gasteiger partial charge in [-0.2, -0.15) is 0 Å². The van der Waals surface area contributed by atoms with Crippen molar-refractivity contribution >= 4 is 66.4 Å². The molecule has 0 spiro atoms. The lowest BCUT2D eigenvalue weighted by molar-refractivity contribution is -0.144. The van der Waals surface area contributed by atoms with Gasteiger partial charge in [0.25, 0.3) is 0 Å². The molecule has 4 rings (SSSR count). The van der Waals surface area contributed by atoms with Crippen LogP contribution >= 0.6 is 22.7 Å². The van der Waals surface area contributed by atoms with E-state index < -0.39 is 29.6 Å². The lowest BCUT2D eigenvalue weighted by atomic mass is 10.0. The first-order valence-corrected chi connectivity index (χ1v) is 15.6. The van der Waals surface area contributed by atoms with E-state index in [4.69, 9.17) is 24.1 Å². The summed E-state index contributed by atoms with van der Waals surface area (Å²) in [6.45, 7) is 3.39. The highest BCUT2D eigenvalue weighted by atomic mass is 32.1. The van der Waals surface area contributed by atoms with Crippen molar-refractivity contribution in [3.8, 4) is 23.0 Å². The molecule has 10 nitrogen and oxygen atoms in total. The van der Waals surface area contributed by atoms with Gasteiger partial charge in [0.1, 0.15) is 0 Å². The van der Waals surface area contributed by atoms with E-state index in [-0.39, 0.29) is 54.5 Å². The Morgan fingerprint density at radius 3 is 2.02 bits per heavy atom. The van der Waals surface area contributed by atoms with E-state index in [2.05, 4.69) is 4.74 Å². The highest BCUT2D eigenvalue weighted by Crippen LogP contribution is 2.41. The molecular formula is C32H33FO10S2. The minimum absolute atomic E-state index is 0.0584. The van der Waals surface area contributed by atoms with Crippen molar-refractivity contribution in [2.75, 3.05) is 34.5 Å². The maximum atomic E-state index is 15.5. The Kier molecular flexibility index (Phi) is 11.0. The van der Waals surface area contributed by atoms with Crippen molar-refractivity contribution in [1.29, 1.82) is 0 Å². The summed E-state index contributed by atoms with van der Waals surface area (Å²) >= 11 is 2.37. The summed E-state index contributed by atoms with van der Waals surface area (Å²) in [5.41, 5.74) is 0. The van der Waals surface area contributed by atoms with Gasteiger partial charge in [0, 0.05) is 46.2 Å². The van der Waals surface area contributed by atoms with Gasteiger partial charge in [-0.1, -0.05) is 13.8 Å². The van der Waals surface area contributed by atoms with Crippen LogP contribution in [0, 0.1) is 17.7 Å². The van der Waals surface area contributed by atoms with Crippen molar-refractivity contribution in [3.63, 3.8) is 0 Å². The van der Waals surface area contributed by atoms with Crippen LogP contribution in [0.1, 0.15) is 52.5 Å². The van der Waals surface area contributed by atoms with E-state index >= 15 is 4.39 Å². The molecule has 240 valence electrons. The third kappa shape index (κ3) is 7.71.